The van der Waals surface area contributed by atoms with Crippen molar-refractivity contribution in [1.82, 2.24) is 0 Å². The summed E-state index contributed by atoms with van der Waals surface area (Å²) in [6, 6.07) is 24.3. The molecule has 0 radical (unpaired) electrons. The maximum atomic E-state index is 6.75. The molecule has 1 heterocycles. The monoisotopic (exact) mass is 717 g/mol. The Morgan fingerprint density at radius 2 is 0.849 bits per heavy atom. The molecule has 0 fully saturated rings. The Morgan fingerprint density at radius 3 is 1.15 bits per heavy atom. The van der Waals surface area contributed by atoms with E-state index in [1.165, 1.54) is 0 Å². The average molecular weight is 718 g/mol. The molecule has 6 heteroatoms. The van der Waals surface area contributed by atoms with Gasteiger partial charge in [0.15, 0.2) is 0 Å². The highest BCUT2D eigenvalue weighted by Gasteiger charge is 2.32. The van der Waals surface area contributed by atoms with Crippen molar-refractivity contribution >= 4 is 5.90 Å². The van der Waals surface area contributed by atoms with E-state index in [0.717, 1.165) is 98.8 Å². The maximum Gasteiger partial charge on any atom is 0.216 e. The number of hydrogen-bond donors (Lipinski definition) is 0. The van der Waals surface area contributed by atoms with Gasteiger partial charge in [0.05, 0.1) is 32.5 Å². The Morgan fingerprint density at radius 1 is 0.528 bits per heavy atom. The first-order valence-corrected chi connectivity index (χ1v) is 19.9. The summed E-state index contributed by atoms with van der Waals surface area (Å²) in [5.41, 5.74) is 10.1. The van der Waals surface area contributed by atoms with Gasteiger partial charge in [-0.2, -0.15) is 0 Å². The van der Waals surface area contributed by atoms with Crippen LogP contribution in [0, 0.1) is 5.41 Å². The largest absolute Gasteiger partial charge is 0.493 e. The van der Waals surface area contributed by atoms with Crippen molar-refractivity contribution < 1.29 is 23.7 Å². The normalized spacial score (nSPS) is 15.4. The highest BCUT2D eigenvalue weighted by Crippen LogP contribution is 2.40. The minimum Gasteiger partial charge on any atom is -0.493 e. The molecule has 0 spiro atoms. The Balaban J connectivity index is 1.61. The number of ether oxygens (including phenoxy) is 5. The lowest BCUT2D eigenvalue weighted by Crippen LogP contribution is -2.25. The molecule has 1 aliphatic heterocycles. The molecule has 0 N–H and O–H groups in total. The van der Waals surface area contributed by atoms with Gasteiger partial charge in [0.25, 0.3) is 0 Å². The SMILES string of the molecule is CCCOc1c2cccc1Cc1cccc(c1OCCC)Cc1cc(C3=N[C@@H](C(C)(C)C)CO3)cc(c1OCCC)Cc1cccc(c1OCCC)C2. The van der Waals surface area contributed by atoms with Gasteiger partial charge in [0.2, 0.25) is 5.90 Å². The van der Waals surface area contributed by atoms with Crippen LogP contribution in [0.1, 0.15) is 124 Å². The Labute approximate surface area is 317 Å². The van der Waals surface area contributed by atoms with Crippen LogP contribution >= 0.6 is 0 Å². The van der Waals surface area contributed by atoms with E-state index in [2.05, 4.69) is 115 Å². The first kappa shape index (κ1) is 38.3. The maximum absolute atomic E-state index is 6.75. The highest BCUT2D eigenvalue weighted by molar-refractivity contribution is 5.96. The van der Waals surface area contributed by atoms with E-state index in [1.807, 2.05) is 0 Å². The van der Waals surface area contributed by atoms with Gasteiger partial charge in [-0.25, -0.2) is 4.99 Å². The smallest absolute Gasteiger partial charge is 0.216 e. The minimum atomic E-state index is 0.000295. The van der Waals surface area contributed by atoms with Gasteiger partial charge in [0.1, 0.15) is 29.6 Å². The van der Waals surface area contributed by atoms with E-state index < -0.39 is 0 Å². The summed E-state index contributed by atoms with van der Waals surface area (Å²) >= 11 is 0. The third-order valence-corrected chi connectivity index (χ3v) is 10.0. The second-order valence-corrected chi connectivity index (χ2v) is 15.6. The number of benzene rings is 4. The van der Waals surface area contributed by atoms with Crippen molar-refractivity contribution in [2.45, 2.75) is 106 Å². The fourth-order valence-electron chi connectivity index (χ4n) is 7.24. The summed E-state index contributed by atoms with van der Waals surface area (Å²) in [6.45, 7) is 18.5. The summed E-state index contributed by atoms with van der Waals surface area (Å²) in [5, 5.41) is 0. The van der Waals surface area contributed by atoms with Gasteiger partial charge in [-0.15, -0.1) is 0 Å². The summed E-state index contributed by atoms with van der Waals surface area (Å²) in [7, 11) is 0. The topological polar surface area (TPSA) is 58.5 Å². The summed E-state index contributed by atoms with van der Waals surface area (Å²) in [5.74, 6) is 4.49. The van der Waals surface area contributed by atoms with Crippen molar-refractivity contribution in [3.8, 4) is 23.0 Å². The van der Waals surface area contributed by atoms with Crippen molar-refractivity contribution in [2.75, 3.05) is 33.0 Å². The van der Waals surface area contributed by atoms with Gasteiger partial charge < -0.3 is 23.7 Å². The van der Waals surface area contributed by atoms with Crippen LogP contribution in [-0.4, -0.2) is 45.0 Å². The van der Waals surface area contributed by atoms with Crippen LogP contribution in [-0.2, 0) is 30.4 Å². The van der Waals surface area contributed by atoms with Gasteiger partial charge in [0, 0.05) is 31.2 Å². The molecule has 8 bridgehead atoms. The molecule has 6 nitrogen and oxygen atoms in total. The predicted octanol–water partition coefficient (Wildman–Crippen LogP) is 10.7. The van der Waals surface area contributed by atoms with Crippen molar-refractivity contribution in [3.63, 3.8) is 0 Å². The quantitative estimate of drug-likeness (QED) is 0.121. The van der Waals surface area contributed by atoms with Crippen LogP contribution in [0.4, 0.5) is 0 Å². The zero-order valence-corrected chi connectivity index (χ0v) is 33.1. The van der Waals surface area contributed by atoms with E-state index in [4.69, 9.17) is 28.7 Å². The molecule has 4 aromatic carbocycles. The van der Waals surface area contributed by atoms with Gasteiger partial charge >= 0.3 is 0 Å². The third kappa shape index (κ3) is 9.03. The molecule has 53 heavy (non-hydrogen) atoms. The lowest BCUT2D eigenvalue weighted by atomic mass is 9.88. The van der Waals surface area contributed by atoms with Crippen LogP contribution in [0.3, 0.4) is 0 Å². The molecular formula is C47H59NO5. The van der Waals surface area contributed by atoms with Crippen LogP contribution < -0.4 is 18.9 Å². The summed E-state index contributed by atoms with van der Waals surface area (Å²) < 4.78 is 33.1. The van der Waals surface area contributed by atoms with E-state index in [1.54, 1.807) is 0 Å². The number of aliphatic imine (C=N–C) groups is 1. The predicted molar refractivity (Wildman–Crippen MR) is 216 cm³/mol. The zero-order chi connectivity index (χ0) is 37.4. The van der Waals surface area contributed by atoms with E-state index in [0.29, 0.717) is 64.6 Å². The number of para-hydroxylation sites is 3. The summed E-state index contributed by atoms with van der Waals surface area (Å²) in [6.07, 6.45) is 6.36. The zero-order valence-electron chi connectivity index (χ0n) is 33.1. The Hall–Kier alpha value is -4.45. The Kier molecular flexibility index (Phi) is 12.7. The number of nitrogens with zero attached hydrogens (tertiary/aromatic N) is 1. The van der Waals surface area contributed by atoms with Crippen molar-refractivity contribution in [2.24, 2.45) is 10.4 Å². The van der Waals surface area contributed by atoms with E-state index in [9.17, 15) is 0 Å². The van der Waals surface area contributed by atoms with Gasteiger partial charge in [-0.05, 0) is 87.7 Å². The number of rotatable bonds is 13. The molecule has 1 atom stereocenters. The second-order valence-electron chi connectivity index (χ2n) is 15.6. The molecule has 4 aromatic rings. The van der Waals surface area contributed by atoms with E-state index in [-0.39, 0.29) is 11.5 Å². The molecule has 0 amide bonds. The molecule has 1 aliphatic carbocycles. The molecule has 6 rings (SSSR count). The lowest BCUT2D eigenvalue weighted by Gasteiger charge is -2.23. The number of hydrogen-bond acceptors (Lipinski definition) is 6. The Bertz CT molecular complexity index is 1780. The number of fused-ring (bicyclic) bond motifs is 8. The second kappa shape index (κ2) is 17.6. The molecule has 0 saturated heterocycles. The molecular weight excluding hydrogens is 659 g/mol. The minimum absolute atomic E-state index is 0.000295. The third-order valence-electron chi connectivity index (χ3n) is 10.0. The lowest BCUT2D eigenvalue weighted by molar-refractivity contribution is 0.236. The van der Waals surface area contributed by atoms with E-state index >= 15 is 0 Å². The molecule has 0 aromatic heterocycles. The molecule has 0 unspecified atom stereocenters. The fraction of sp³-hybridized carbons (Fsp3) is 0.468. The summed E-state index contributed by atoms with van der Waals surface area (Å²) in [4.78, 5) is 5.14. The molecule has 282 valence electrons. The van der Waals surface area contributed by atoms with Crippen LogP contribution in [0.15, 0.2) is 71.7 Å². The van der Waals surface area contributed by atoms with Crippen LogP contribution in [0.2, 0.25) is 0 Å². The molecule has 0 saturated carbocycles. The average Bonchev–Trinajstić information content (AvgIpc) is 3.65. The highest BCUT2D eigenvalue weighted by atomic mass is 16.5. The standard InChI is InChI=1S/C47H59NO5/c1-8-21-49-42-32-15-12-16-33(42)26-35-18-14-20-37(44(35)51-23-10-3)28-39-30-40(46-48-41(31-53-46)47(5,6)7)29-38(45(39)52-24-11-4)27-36-19-13-17-34(25-32)43(36)50-22-9-2/h12-20,29-30,41H,8-11,21-28,31H2,1-7H3/t41-/m1/s1. The van der Waals surface area contributed by atoms with Crippen molar-refractivity contribution in [1.29, 1.82) is 0 Å². The van der Waals surface area contributed by atoms with Crippen molar-refractivity contribution in [3.05, 3.63) is 117 Å². The van der Waals surface area contributed by atoms with Gasteiger partial charge in [-0.1, -0.05) is 103 Å². The fourth-order valence-corrected chi connectivity index (χ4v) is 7.24. The van der Waals surface area contributed by atoms with Gasteiger partial charge in [-0.3, -0.25) is 0 Å². The van der Waals surface area contributed by atoms with Crippen LogP contribution in [0.5, 0.6) is 23.0 Å². The van der Waals surface area contributed by atoms with Crippen LogP contribution in [0.25, 0.3) is 0 Å². The molecule has 2 aliphatic rings. The first-order valence-electron chi connectivity index (χ1n) is 19.9. The first-order chi connectivity index (χ1) is 25.7.